The Morgan fingerprint density at radius 3 is 1.48 bits per heavy atom. The van der Waals surface area contributed by atoms with Gasteiger partial charge in [-0.15, -0.1) is 0 Å². The maximum Gasteiger partial charge on any atom is 0.164 e. The summed E-state index contributed by atoms with van der Waals surface area (Å²) in [7, 11) is 0. The Morgan fingerprint density at radius 1 is 0.246 bits per heavy atom. The molecule has 0 spiro atoms. The van der Waals surface area contributed by atoms with E-state index in [-0.39, 0.29) is 0 Å². The van der Waals surface area contributed by atoms with E-state index in [2.05, 4.69) is 224 Å². The molecule has 69 heavy (non-hydrogen) atoms. The van der Waals surface area contributed by atoms with E-state index in [1.807, 2.05) is 0 Å². The molecule has 2 heterocycles. The fraction of sp³-hybridized carbons (Fsp3) is 0. The lowest BCUT2D eigenvalue weighted by molar-refractivity contribution is 0.673. The zero-order valence-electron chi connectivity index (χ0n) is 37.1. The number of benzene rings is 13. The molecular formula is C65H37N3O. The SMILES string of the molecule is c1ccc2cc(-c3nc(-c4cccc5c(-c6cc7c8ccccc8c8ccccc8c7c7oc8cc9ccccc9cc8c67)cccc45)nc(-c4cc5ccccc5c5ccccc45)n3)ccc2c1. The molecular weight excluding hydrogens is 839 g/mol. The van der Waals surface area contributed by atoms with E-state index in [1.165, 1.54) is 37.7 Å². The van der Waals surface area contributed by atoms with Gasteiger partial charge in [0.2, 0.25) is 0 Å². The summed E-state index contributed by atoms with van der Waals surface area (Å²) in [6, 6.07) is 80.5. The van der Waals surface area contributed by atoms with Crippen LogP contribution < -0.4 is 0 Å². The molecule has 0 aliphatic heterocycles. The number of aromatic nitrogens is 3. The van der Waals surface area contributed by atoms with E-state index in [9.17, 15) is 0 Å². The highest BCUT2D eigenvalue weighted by molar-refractivity contribution is 6.35. The fourth-order valence-electron chi connectivity index (χ4n) is 11.3. The zero-order valence-corrected chi connectivity index (χ0v) is 37.1. The van der Waals surface area contributed by atoms with E-state index in [0.717, 1.165) is 98.2 Å². The van der Waals surface area contributed by atoms with Crippen molar-refractivity contribution in [1.29, 1.82) is 0 Å². The van der Waals surface area contributed by atoms with Crippen LogP contribution in [-0.4, -0.2) is 15.0 Å². The molecule has 15 aromatic rings. The third kappa shape index (κ3) is 5.73. The minimum Gasteiger partial charge on any atom is -0.455 e. The molecule has 4 nitrogen and oxygen atoms in total. The molecule has 0 N–H and O–H groups in total. The van der Waals surface area contributed by atoms with Crippen LogP contribution in [0.4, 0.5) is 0 Å². The van der Waals surface area contributed by atoms with Crippen molar-refractivity contribution in [2.24, 2.45) is 0 Å². The Bertz CT molecular complexity index is 4680. The van der Waals surface area contributed by atoms with Crippen LogP contribution in [0.25, 0.3) is 153 Å². The Hall–Kier alpha value is -9.25. The van der Waals surface area contributed by atoms with Gasteiger partial charge in [0.05, 0.1) is 0 Å². The first-order valence-corrected chi connectivity index (χ1v) is 23.5. The predicted octanol–water partition coefficient (Wildman–Crippen LogP) is 17.7. The van der Waals surface area contributed by atoms with Crippen LogP contribution in [0.2, 0.25) is 0 Å². The molecule has 0 aliphatic rings. The normalized spacial score (nSPS) is 12.1. The first kappa shape index (κ1) is 37.9. The lowest BCUT2D eigenvalue weighted by atomic mass is 9.87. The van der Waals surface area contributed by atoms with Gasteiger partial charge >= 0.3 is 0 Å². The number of fused-ring (bicyclic) bond motifs is 16. The van der Waals surface area contributed by atoms with E-state index >= 15 is 0 Å². The molecule has 0 aliphatic carbocycles. The summed E-state index contributed by atoms with van der Waals surface area (Å²) in [5.74, 6) is 1.87. The Labute approximate surface area is 395 Å². The highest BCUT2D eigenvalue weighted by Crippen LogP contribution is 2.48. The summed E-state index contributed by atoms with van der Waals surface area (Å²) in [5.41, 5.74) is 6.82. The zero-order chi connectivity index (χ0) is 45.2. The van der Waals surface area contributed by atoms with Crippen LogP contribution in [0, 0.1) is 0 Å². The van der Waals surface area contributed by atoms with E-state index in [4.69, 9.17) is 19.4 Å². The van der Waals surface area contributed by atoms with Crippen molar-refractivity contribution >= 4 is 108 Å². The molecule has 0 saturated heterocycles. The minimum atomic E-state index is 0.615. The van der Waals surface area contributed by atoms with Crippen LogP contribution in [-0.2, 0) is 0 Å². The third-order valence-corrected chi connectivity index (χ3v) is 14.4. The second-order valence-corrected chi connectivity index (χ2v) is 18.2. The molecule has 13 aromatic carbocycles. The van der Waals surface area contributed by atoms with Crippen molar-refractivity contribution in [1.82, 2.24) is 15.0 Å². The van der Waals surface area contributed by atoms with Crippen LogP contribution in [0.3, 0.4) is 0 Å². The van der Waals surface area contributed by atoms with Gasteiger partial charge in [0.25, 0.3) is 0 Å². The van der Waals surface area contributed by atoms with Crippen molar-refractivity contribution in [3.8, 4) is 45.3 Å². The van der Waals surface area contributed by atoms with Crippen LogP contribution in [0.1, 0.15) is 0 Å². The van der Waals surface area contributed by atoms with Crippen LogP contribution in [0.5, 0.6) is 0 Å². The monoisotopic (exact) mass is 875 g/mol. The van der Waals surface area contributed by atoms with Gasteiger partial charge in [-0.1, -0.05) is 194 Å². The summed E-state index contributed by atoms with van der Waals surface area (Å²) in [5, 5.41) is 20.7. The second kappa shape index (κ2) is 14.6. The highest BCUT2D eigenvalue weighted by Gasteiger charge is 2.23. The molecule has 0 unspecified atom stereocenters. The highest BCUT2D eigenvalue weighted by atomic mass is 16.3. The molecule has 318 valence electrons. The molecule has 0 fully saturated rings. The molecule has 0 amide bonds. The van der Waals surface area contributed by atoms with E-state index in [0.29, 0.717) is 17.5 Å². The standard InChI is InChI=1S/C65H37N3O/c1-2-16-39-33-43(32-31-38(39)15-1)63-66-64(68-65(67-63)57-35-42-19-5-6-20-44(42)45-21-7-10-25-52(45)57)54-30-14-27-47-49(54)28-13-29-51(47)56-37-55-50-24-9-8-22-46(50)48-23-11-12-26-53(48)60(55)62-61(56)58-34-40-17-3-4-18-41(40)36-59(58)69-62/h1-37H. The maximum absolute atomic E-state index is 7.17. The smallest absolute Gasteiger partial charge is 0.164 e. The van der Waals surface area contributed by atoms with Gasteiger partial charge in [-0.2, -0.15) is 0 Å². The number of hydrogen-bond donors (Lipinski definition) is 0. The maximum atomic E-state index is 7.17. The molecule has 15 rings (SSSR count). The number of nitrogens with zero attached hydrogens (tertiary/aromatic N) is 3. The number of hydrogen-bond acceptors (Lipinski definition) is 4. The minimum absolute atomic E-state index is 0.615. The van der Waals surface area contributed by atoms with Gasteiger partial charge in [0.1, 0.15) is 11.2 Å². The molecule has 4 heteroatoms. The van der Waals surface area contributed by atoms with Gasteiger partial charge < -0.3 is 4.42 Å². The summed E-state index contributed by atoms with van der Waals surface area (Å²) >= 11 is 0. The van der Waals surface area contributed by atoms with Crippen LogP contribution in [0.15, 0.2) is 229 Å². The van der Waals surface area contributed by atoms with Gasteiger partial charge in [-0.3, -0.25) is 0 Å². The van der Waals surface area contributed by atoms with Gasteiger partial charge in [-0.25, -0.2) is 15.0 Å². The van der Waals surface area contributed by atoms with Gasteiger partial charge in [0.15, 0.2) is 17.5 Å². The molecule has 0 bridgehead atoms. The van der Waals surface area contributed by atoms with Crippen molar-refractivity contribution < 1.29 is 4.42 Å². The topological polar surface area (TPSA) is 51.8 Å². The van der Waals surface area contributed by atoms with Gasteiger partial charge in [0, 0.05) is 32.8 Å². The largest absolute Gasteiger partial charge is 0.455 e. The lowest BCUT2D eigenvalue weighted by Crippen LogP contribution is -2.01. The summed E-state index contributed by atoms with van der Waals surface area (Å²) in [6.07, 6.45) is 0. The Morgan fingerprint density at radius 2 is 0.739 bits per heavy atom. The van der Waals surface area contributed by atoms with Crippen molar-refractivity contribution in [3.63, 3.8) is 0 Å². The average molecular weight is 876 g/mol. The Kier molecular flexibility index (Phi) is 8.04. The fourth-order valence-corrected chi connectivity index (χ4v) is 11.3. The predicted molar refractivity (Wildman–Crippen MR) is 289 cm³/mol. The van der Waals surface area contributed by atoms with E-state index in [1.54, 1.807) is 0 Å². The van der Waals surface area contributed by atoms with Gasteiger partial charge in [-0.05, 0) is 122 Å². The quantitative estimate of drug-likeness (QED) is 0.165. The van der Waals surface area contributed by atoms with Crippen molar-refractivity contribution in [2.75, 3.05) is 0 Å². The molecule has 0 radical (unpaired) electrons. The number of furan rings is 1. The summed E-state index contributed by atoms with van der Waals surface area (Å²) < 4.78 is 7.17. The van der Waals surface area contributed by atoms with Crippen molar-refractivity contribution in [2.45, 2.75) is 0 Å². The van der Waals surface area contributed by atoms with Crippen molar-refractivity contribution in [3.05, 3.63) is 224 Å². The number of rotatable bonds is 4. The molecule has 0 atom stereocenters. The summed E-state index contributed by atoms with van der Waals surface area (Å²) in [6.45, 7) is 0. The average Bonchev–Trinajstić information content (AvgIpc) is 3.79. The van der Waals surface area contributed by atoms with Crippen LogP contribution >= 0.6 is 0 Å². The lowest BCUT2D eigenvalue weighted by Gasteiger charge is -2.16. The Balaban J connectivity index is 1.03. The first-order chi connectivity index (χ1) is 34.2. The molecule has 2 aromatic heterocycles. The third-order valence-electron chi connectivity index (χ3n) is 14.4. The second-order valence-electron chi connectivity index (χ2n) is 18.2. The first-order valence-electron chi connectivity index (χ1n) is 23.5. The van der Waals surface area contributed by atoms with E-state index < -0.39 is 0 Å². The summed E-state index contributed by atoms with van der Waals surface area (Å²) in [4.78, 5) is 16.2. The molecule has 0 saturated carbocycles.